The molecule has 96 valence electrons. The van der Waals surface area contributed by atoms with Crippen LogP contribution in [-0.4, -0.2) is 21.6 Å². The molecule has 0 bridgehead atoms. The lowest BCUT2D eigenvalue weighted by Crippen LogP contribution is -2.16. The second kappa shape index (κ2) is 5.71. The number of hydrogen-bond acceptors (Lipinski definition) is 7. The van der Waals surface area contributed by atoms with E-state index in [2.05, 4.69) is 20.7 Å². The fourth-order valence-electron chi connectivity index (χ4n) is 1.34. The van der Waals surface area contributed by atoms with Crippen molar-refractivity contribution in [3.8, 4) is 0 Å². The monoisotopic (exact) mass is 269 g/mol. The maximum atomic E-state index is 13.4. The second-order valence-electron chi connectivity index (χ2n) is 3.49. The largest absolute Gasteiger partial charge is 0.387 e. The zero-order chi connectivity index (χ0) is 13.0. The van der Waals surface area contributed by atoms with Gasteiger partial charge in [-0.05, 0) is 22.4 Å². The van der Waals surface area contributed by atoms with Crippen molar-refractivity contribution in [2.75, 3.05) is 17.3 Å². The average molecular weight is 269 g/mol. The van der Waals surface area contributed by atoms with E-state index < -0.39 is 11.9 Å². The number of aliphatic hydroxyl groups is 1. The van der Waals surface area contributed by atoms with Crippen LogP contribution in [0, 0.1) is 5.82 Å². The van der Waals surface area contributed by atoms with Crippen LogP contribution in [0.1, 0.15) is 11.7 Å². The molecule has 5 N–H and O–H groups in total. The van der Waals surface area contributed by atoms with Gasteiger partial charge in [0.05, 0.1) is 12.3 Å². The van der Waals surface area contributed by atoms with E-state index in [0.29, 0.717) is 0 Å². The molecule has 0 aliphatic carbocycles. The van der Waals surface area contributed by atoms with Crippen LogP contribution in [0.4, 0.5) is 16.2 Å². The smallest absolute Gasteiger partial charge is 0.239 e. The number of anilines is 2. The van der Waals surface area contributed by atoms with Gasteiger partial charge in [-0.3, -0.25) is 5.43 Å². The van der Waals surface area contributed by atoms with Crippen molar-refractivity contribution in [3.63, 3.8) is 0 Å². The molecule has 0 saturated carbocycles. The van der Waals surface area contributed by atoms with Gasteiger partial charge in [0.1, 0.15) is 0 Å². The topological polar surface area (TPSA) is 96.1 Å². The van der Waals surface area contributed by atoms with Gasteiger partial charge in [-0.2, -0.15) is 16.3 Å². The minimum atomic E-state index is -0.722. The van der Waals surface area contributed by atoms with E-state index in [4.69, 9.17) is 5.84 Å². The van der Waals surface area contributed by atoms with Crippen LogP contribution in [0.15, 0.2) is 23.0 Å². The molecular weight excluding hydrogens is 257 g/mol. The molecule has 18 heavy (non-hydrogen) atoms. The number of aliphatic hydroxyl groups excluding tert-OH is 1. The van der Waals surface area contributed by atoms with Crippen molar-refractivity contribution >= 4 is 23.1 Å². The number of aromatic nitrogens is 2. The quantitative estimate of drug-likeness (QED) is 0.479. The van der Waals surface area contributed by atoms with E-state index in [0.717, 1.165) is 11.8 Å². The van der Waals surface area contributed by atoms with Crippen molar-refractivity contribution < 1.29 is 9.50 Å². The number of halogens is 1. The molecule has 2 aromatic rings. The predicted octanol–water partition coefficient (Wildman–Crippen LogP) is 1.11. The lowest BCUT2D eigenvalue weighted by Gasteiger charge is -2.11. The van der Waals surface area contributed by atoms with E-state index >= 15 is 0 Å². The van der Waals surface area contributed by atoms with Gasteiger partial charge < -0.3 is 10.4 Å². The summed E-state index contributed by atoms with van der Waals surface area (Å²) in [4.78, 5) is 7.41. The predicted molar refractivity (Wildman–Crippen MR) is 67.6 cm³/mol. The Bertz CT molecular complexity index is 507. The lowest BCUT2D eigenvalue weighted by atomic mass is 10.2. The highest BCUT2D eigenvalue weighted by Gasteiger charge is 2.11. The Morgan fingerprint density at radius 2 is 2.39 bits per heavy atom. The Kier molecular flexibility index (Phi) is 4.03. The van der Waals surface area contributed by atoms with Crippen LogP contribution in [0.2, 0.25) is 0 Å². The van der Waals surface area contributed by atoms with Crippen molar-refractivity contribution in [2.24, 2.45) is 5.84 Å². The van der Waals surface area contributed by atoms with E-state index in [9.17, 15) is 9.50 Å². The van der Waals surface area contributed by atoms with Crippen molar-refractivity contribution in [3.05, 3.63) is 34.4 Å². The Hall–Kier alpha value is -1.77. The van der Waals surface area contributed by atoms with Gasteiger partial charge in [0.2, 0.25) is 5.95 Å². The molecule has 2 rings (SSSR count). The zero-order valence-electron chi connectivity index (χ0n) is 9.30. The van der Waals surface area contributed by atoms with E-state index in [1.165, 1.54) is 11.3 Å². The molecular formula is C10H12FN5OS. The third kappa shape index (κ3) is 2.92. The molecule has 0 aliphatic heterocycles. The summed E-state index contributed by atoms with van der Waals surface area (Å²) in [6.07, 6.45) is 0.279. The summed E-state index contributed by atoms with van der Waals surface area (Å²) in [5.41, 5.74) is 3.00. The highest BCUT2D eigenvalue weighted by atomic mass is 32.1. The number of thiophene rings is 1. The molecule has 0 aliphatic rings. The number of nitrogens with one attached hydrogen (secondary N) is 2. The first-order chi connectivity index (χ1) is 8.70. The molecule has 1 unspecified atom stereocenters. The number of hydrogen-bond donors (Lipinski definition) is 4. The van der Waals surface area contributed by atoms with Crippen LogP contribution in [-0.2, 0) is 0 Å². The fourth-order valence-corrected chi connectivity index (χ4v) is 2.04. The van der Waals surface area contributed by atoms with Crippen molar-refractivity contribution in [1.29, 1.82) is 0 Å². The van der Waals surface area contributed by atoms with Crippen LogP contribution in [0.25, 0.3) is 0 Å². The van der Waals surface area contributed by atoms with Crippen molar-refractivity contribution in [2.45, 2.75) is 6.10 Å². The second-order valence-corrected chi connectivity index (χ2v) is 4.27. The highest BCUT2D eigenvalue weighted by molar-refractivity contribution is 7.07. The Labute approximate surface area is 107 Å². The van der Waals surface area contributed by atoms with Gasteiger partial charge in [0, 0.05) is 6.54 Å². The van der Waals surface area contributed by atoms with E-state index in [1.54, 1.807) is 6.07 Å². The summed E-state index contributed by atoms with van der Waals surface area (Å²) >= 11 is 1.48. The first kappa shape index (κ1) is 12.7. The van der Waals surface area contributed by atoms with Crippen LogP contribution >= 0.6 is 11.3 Å². The molecule has 0 spiro atoms. The standard InChI is InChI=1S/C10H12FN5OS/c11-7-3-14-10(16-12)15-9(7)13-4-8(17)6-1-2-18-5-6/h1-3,5,8,17H,4,12H2,(H2,13,14,15,16). The Morgan fingerprint density at radius 1 is 1.56 bits per heavy atom. The summed E-state index contributed by atoms with van der Waals surface area (Å²) in [6, 6.07) is 1.81. The molecule has 8 heteroatoms. The van der Waals surface area contributed by atoms with Gasteiger partial charge in [-0.15, -0.1) is 0 Å². The highest BCUT2D eigenvalue weighted by Crippen LogP contribution is 2.18. The zero-order valence-corrected chi connectivity index (χ0v) is 10.1. The normalized spacial score (nSPS) is 12.2. The number of hydrazine groups is 1. The minimum Gasteiger partial charge on any atom is -0.387 e. The maximum absolute atomic E-state index is 13.4. The lowest BCUT2D eigenvalue weighted by molar-refractivity contribution is 0.192. The maximum Gasteiger partial charge on any atom is 0.239 e. The summed E-state index contributed by atoms with van der Waals surface area (Å²) in [5, 5.41) is 16.2. The van der Waals surface area contributed by atoms with E-state index in [-0.39, 0.29) is 18.3 Å². The van der Waals surface area contributed by atoms with Gasteiger partial charge in [0.15, 0.2) is 11.6 Å². The first-order valence-electron chi connectivity index (χ1n) is 5.14. The first-order valence-corrected chi connectivity index (χ1v) is 6.08. The molecule has 0 aromatic carbocycles. The van der Waals surface area contributed by atoms with E-state index in [1.807, 2.05) is 10.8 Å². The van der Waals surface area contributed by atoms with Gasteiger partial charge in [0.25, 0.3) is 0 Å². The third-order valence-corrected chi connectivity index (χ3v) is 2.97. The van der Waals surface area contributed by atoms with Crippen LogP contribution in [0.5, 0.6) is 0 Å². The molecule has 2 aromatic heterocycles. The third-order valence-electron chi connectivity index (χ3n) is 2.26. The fraction of sp³-hybridized carbons (Fsp3) is 0.200. The number of nitrogens with zero attached hydrogens (tertiary/aromatic N) is 2. The summed E-state index contributed by atoms with van der Waals surface area (Å²) in [7, 11) is 0. The molecule has 0 fully saturated rings. The molecule has 1 atom stereocenters. The Balaban J connectivity index is 2.01. The summed E-state index contributed by atoms with van der Waals surface area (Å²) in [5.74, 6) is 4.62. The number of nitrogens with two attached hydrogens (primary N) is 1. The molecule has 6 nitrogen and oxygen atoms in total. The average Bonchev–Trinajstić information content (AvgIpc) is 2.91. The molecule has 2 heterocycles. The molecule has 0 amide bonds. The minimum absolute atomic E-state index is 0.00719. The van der Waals surface area contributed by atoms with Gasteiger partial charge in [-0.25, -0.2) is 15.2 Å². The van der Waals surface area contributed by atoms with Crippen molar-refractivity contribution in [1.82, 2.24) is 9.97 Å². The number of rotatable bonds is 5. The summed E-state index contributed by atoms with van der Waals surface area (Å²) in [6.45, 7) is 0.147. The summed E-state index contributed by atoms with van der Waals surface area (Å²) < 4.78 is 13.4. The van der Waals surface area contributed by atoms with Gasteiger partial charge in [-0.1, -0.05) is 0 Å². The van der Waals surface area contributed by atoms with Crippen LogP contribution in [0.3, 0.4) is 0 Å². The molecule has 0 radical (unpaired) electrons. The van der Waals surface area contributed by atoms with Crippen LogP contribution < -0.4 is 16.6 Å². The Morgan fingerprint density at radius 3 is 3.06 bits per heavy atom. The SMILES string of the molecule is NNc1ncc(F)c(NCC(O)c2ccsc2)n1. The van der Waals surface area contributed by atoms with Gasteiger partial charge >= 0.3 is 0 Å². The number of nitrogen functional groups attached to an aromatic ring is 1. The molecule has 0 saturated heterocycles.